The molecule has 0 amide bonds. The van der Waals surface area contributed by atoms with Crippen LogP contribution < -0.4 is 5.43 Å². The average molecular weight is 150 g/mol. The van der Waals surface area contributed by atoms with Crippen molar-refractivity contribution in [1.29, 1.82) is 0 Å². The predicted molar refractivity (Wildman–Crippen MR) is 32.5 cm³/mol. The lowest BCUT2D eigenvalue weighted by Gasteiger charge is -1.98. The molecule has 0 aliphatic rings. The van der Waals surface area contributed by atoms with Crippen molar-refractivity contribution in [1.82, 2.24) is 5.43 Å². The molecule has 0 aromatic rings. The van der Waals surface area contributed by atoms with Crippen LogP contribution in [0.15, 0.2) is 5.22 Å². The number of nitrogens with one attached hydrogen (secondary N) is 1. The van der Waals surface area contributed by atoms with E-state index in [0.717, 1.165) is 0 Å². The normalized spacial score (nSPS) is 15.3. The van der Waals surface area contributed by atoms with Crippen LogP contribution in [0.5, 0.6) is 0 Å². The summed E-state index contributed by atoms with van der Waals surface area (Å²) in [7, 11) is 0. The van der Waals surface area contributed by atoms with Gasteiger partial charge in [0.05, 0.1) is 0 Å². The van der Waals surface area contributed by atoms with Gasteiger partial charge >= 0.3 is 0 Å². The zero-order valence-corrected chi connectivity index (χ0v) is 5.50. The van der Waals surface area contributed by atoms with Gasteiger partial charge in [-0.05, 0) is 12.1 Å². The molecule has 0 aliphatic carbocycles. The first-order valence-electron chi connectivity index (χ1n) is 2.07. The Morgan fingerprint density at radius 3 is 2.89 bits per heavy atom. The van der Waals surface area contributed by atoms with Gasteiger partial charge < -0.3 is 4.55 Å². The van der Waals surface area contributed by atoms with Gasteiger partial charge in [-0.15, -0.1) is 5.53 Å². The first kappa shape index (κ1) is 8.22. The van der Waals surface area contributed by atoms with Gasteiger partial charge in [0.1, 0.15) is 0 Å². The summed E-state index contributed by atoms with van der Waals surface area (Å²) >= 11 is -1.99. The van der Waals surface area contributed by atoms with Crippen molar-refractivity contribution in [3.05, 3.63) is 10.4 Å². The number of hydrogen-bond acceptors (Lipinski definition) is 2. The third-order valence-electron chi connectivity index (χ3n) is 0.587. The van der Waals surface area contributed by atoms with E-state index in [1.54, 1.807) is 0 Å². The maximum atomic E-state index is 10.1. The van der Waals surface area contributed by atoms with E-state index in [-0.39, 0.29) is 0 Å². The Hall–Kier alpha value is -0.780. The Balaban J connectivity index is 3.63. The predicted octanol–water partition coefficient (Wildman–Crippen LogP) is 0.369. The number of hydrogen-bond donors (Lipinski definition) is 2. The van der Waals surface area contributed by atoms with E-state index in [1.807, 2.05) is 0 Å². The van der Waals surface area contributed by atoms with Gasteiger partial charge in [-0.3, -0.25) is 0 Å². The second kappa shape index (κ2) is 4.13. The number of azide groups is 1. The summed E-state index contributed by atoms with van der Waals surface area (Å²) in [4.78, 5) is 2.33. The van der Waals surface area contributed by atoms with Gasteiger partial charge in [-0.25, -0.2) is 9.63 Å². The van der Waals surface area contributed by atoms with Crippen molar-refractivity contribution >= 4 is 11.1 Å². The summed E-state index contributed by atoms with van der Waals surface area (Å²) in [5.74, 6) is 0. The fourth-order valence-electron chi connectivity index (χ4n) is 0.152. The lowest BCUT2D eigenvalue weighted by atomic mass is 10.8. The molecule has 0 saturated carbocycles. The van der Waals surface area contributed by atoms with E-state index in [4.69, 9.17) is 10.1 Å². The number of nitrogens with zero attached hydrogens (tertiary/aromatic N) is 3. The van der Waals surface area contributed by atoms with Crippen molar-refractivity contribution in [3.63, 3.8) is 0 Å². The van der Waals surface area contributed by atoms with Crippen molar-refractivity contribution in [3.8, 4) is 0 Å². The Bertz CT molecular complexity index is 153. The molecule has 0 heterocycles. The minimum Gasteiger partial charge on any atom is -0.303 e. The molecule has 2 N–H and O–H groups in total. The largest absolute Gasteiger partial charge is 0.303 e. The molecular formula is C2H6N4O2S. The molecule has 0 aliphatic heterocycles. The van der Waals surface area contributed by atoms with Crippen molar-refractivity contribution < 1.29 is 8.76 Å². The summed E-state index contributed by atoms with van der Waals surface area (Å²) in [5.41, 5.74) is 9.80. The van der Waals surface area contributed by atoms with Gasteiger partial charge in [0.2, 0.25) is 0 Å². The maximum absolute atomic E-state index is 10.1. The van der Waals surface area contributed by atoms with Crippen LogP contribution in [0.4, 0.5) is 0 Å². The Morgan fingerprint density at radius 1 is 2.00 bits per heavy atom. The Labute approximate surface area is 54.1 Å². The molecule has 6 nitrogen and oxygen atoms in total. The minimum atomic E-state index is -1.99. The SMILES string of the molecule is CC(NN=[N+]=[N-])S(=O)O. The monoisotopic (exact) mass is 150 g/mol. The van der Waals surface area contributed by atoms with E-state index in [2.05, 4.69) is 15.6 Å². The van der Waals surface area contributed by atoms with Crippen LogP contribution in [-0.2, 0) is 11.1 Å². The highest BCUT2D eigenvalue weighted by molar-refractivity contribution is 7.79. The van der Waals surface area contributed by atoms with Crippen molar-refractivity contribution in [2.75, 3.05) is 0 Å². The average Bonchev–Trinajstić information content (AvgIpc) is 1.82. The molecule has 0 aromatic heterocycles. The molecule has 9 heavy (non-hydrogen) atoms. The third kappa shape index (κ3) is 3.77. The molecule has 0 spiro atoms. The molecule has 0 radical (unpaired) electrons. The van der Waals surface area contributed by atoms with Gasteiger partial charge in [0, 0.05) is 0 Å². The molecule has 0 aromatic carbocycles. The van der Waals surface area contributed by atoms with Crippen LogP contribution in [-0.4, -0.2) is 14.1 Å². The van der Waals surface area contributed by atoms with E-state index in [1.165, 1.54) is 6.92 Å². The fourth-order valence-corrected chi connectivity index (χ4v) is 0.290. The third-order valence-corrected chi connectivity index (χ3v) is 1.30. The summed E-state index contributed by atoms with van der Waals surface area (Å²) in [5, 5.41) is 2.15. The number of rotatable bonds is 3. The lowest BCUT2D eigenvalue weighted by molar-refractivity contribution is 0.534. The molecule has 2 unspecified atom stereocenters. The summed E-state index contributed by atoms with van der Waals surface area (Å²) < 4.78 is 18.3. The molecule has 0 saturated heterocycles. The lowest BCUT2D eigenvalue weighted by Crippen LogP contribution is -2.24. The molecule has 2 atom stereocenters. The van der Waals surface area contributed by atoms with Crippen LogP contribution in [0.2, 0.25) is 0 Å². The highest BCUT2D eigenvalue weighted by Gasteiger charge is 2.07. The molecule has 0 bridgehead atoms. The van der Waals surface area contributed by atoms with Gasteiger partial charge in [-0.1, -0.05) is 0 Å². The Kier molecular flexibility index (Phi) is 3.78. The minimum absolute atomic E-state index is 0.721. The molecule has 52 valence electrons. The highest BCUT2D eigenvalue weighted by Crippen LogP contribution is 1.84. The zero-order valence-electron chi connectivity index (χ0n) is 4.68. The quantitative estimate of drug-likeness (QED) is 0.200. The first-order valence-corrected chi connectivity index (χ1v) is 3.24. The topological polar surface area (TPSA) is 98.1 Å². The van der Waals surface area contributed by atoms with E-state index in [9.17, 15) is 4.21 Å². The first-order chi connectivity index (χ1) is 4.18. The molecule has 0 fully saturated rings. The van der Waals surface area contributed by atoms with E-state index < -0.39 is 16.5 Å². The van der Waals surface area contributed by atoms with Gasteiger partial charge in [0.25, 0.3) is 0 Å². The van der Waals surface area contributed by atoms with Crippen LogP contribution in [0, 0.1) is 0 Å². The van der Waals surface area contributed by atoms with Crippen LogP contribution in [0.1, 0.15) is 6.92 Å². The highest BCUT2D eigenvalue weighted by atomic mass is 32.2. The molecule has 7 heteroatoms. The standard InChI is InChI=1S/C2H6N4O2S/c1-2(9(7)8)4-6-5-3/h2,4H,1H3,(H,7,8). The molecular weight excluding hydrogens is 144 g/mol. The summed E-state index contributed by atoms with van der Waals surface area (Å²) in [6.07, 6.45) is 0. The van der Waals surface area contributed by atoms with Crippen molar-refractivity contribution in [2.24, 2.45) is 5.22 Å². The van der Waals surface area contributed by atoms with E-state index >= 15 is 0 Å². The van der Waals surface area contributed by atoms with Crippen molar-refractivity contribution in [2.45, 2.75) is 12.3 Å². The van der Waals surface area contributed by atoms with Crippen LogP contribution in [0.25, 0.3) is 10.4 Å². The smallest absolute Gasteiger partial charge is 0.199 e. The van der Waals surface area contributed by atoms with Gasteiger partial charge in [-0.2, -0.15) is 4.91 Å². The second-order valence-corrected chi connectivity index (χ2v) is 2.50. The van der Waals surface area contributed by atoms with E-state index in [0.29, 0.717) is 0 Å². The maximum Gasteiger partial charge on any atom is 0.199 e. The second-order valence-electron chi connectivity index (χ2n) is 1.24. The summed E-state index contributed by atoms with van der Waals surface area (Å²) in [6, 6.07) is 0. The van der Waals surface area contributed by atoms with Gasteiger partial charge in [0.15, 0.2) is 16.5 Å². The molecule has 0 rings (SSSR count). The van der Waals surface area contributed by atoms with Crippen LogP contribution >= 0.6 is 0 Å². The summed E-state index contributed by atoms with van der Waals surface area (Å²) in [6.45, 7) is 1.42. The van der Waals surface area contributed by atoms with Crippen LogP contribution in [0.3, 0.4) is 0 Å². The zero-order chi connectivity index (χ0) is 7.28. The Morgan fingerprint density at radius 2 is 2.56 bits per heavy atom. The fraction of sp³-hybridized carbons (Fsp3) is 1.00.